The molecule has 0 unspecified atom stereocenters. The molecule has 0 saturated carbocycles. The van der Waals surface area contributed by atoms with Crippen molar-refractivity contribution >= 4 is 5.82 Å². The van der Waals surface area contributed by atoms with Crippen molar-refractivity contribution in [3.05, 3.63) is 23.8 Å². The quantitative estimate of drug-likeness (QED) is 0.894. The molecule has 0 fully saturated rings. The Labute approximate surface area is 108 Å². The van der Waals surface area contributed by atoms with E-state index in [9.17, 15) is 8.78 Å². The van der Waals surface area contributed by atoms with E-state index >= 15 is 0 Å². The number of hydrogen-bond acceptors (Lipinski definition) is 4. The lowest BCUT2D eigenvalue weighted by Gasteiger charge is -2.13. The van der Waals surface area contributed by atoms with Gasteiger partial charge in [0.1, 0.15) is 17.3 Å². The second-order valence-corrected chi connectivity index (χ2v) is 3.80. The molecule has 0 amide bonds. The van der Waals surface area contributed by atoms with Crippen molar-refractivity contribution in [3.63, 3.8) is 0 Å². The maximum Gasteiger partial charge on any atom is 0.267 e. The number of ether oxygens (including phenoxy) is 2. The summed E-state index contributed by atoms with van der Waals surface area (Å²) in [5.41, 5.74) is 6.24. The molecule has 0 spiro atoms. The number of methoxy groups -OCH3 is 2. The van der Waals surface area contributed by atoms with Gasteiger partial charge in [0.25, 0.3) is 6.43 Å². The molecule has 3 N–H and O–H groups in total. The predicted molar refractivity (Wildman–Crippen MR) is 66.5 cm³/mol. The minimum Gasteiger partial charge on any atom is -0.496 e. The molecule has 2 rings (SSSR count). The normalized spacial score (nSPS) is 10.8. The second-order valence-electron chi connectivity index (χ2n) is 3.80. The second kappa shape index (κ2) is 5.13. The first kappa shape index (κ1) is 13.1. The van der Waals surface area contributed by atoms with E-state index in [4.69, 9.17) is 15.2 Å². The van der Waals surface area contributed by atoms with E-state index in [1.807, 2.05) is 0 Å². The standard InChI is InChI=1S/C12H13F2N3O2/c1-18-9-5-10(19-2)7(12(13)14)3-6(9)8-4-11(15)17-16-8/h3-5,12H,1-2H3,(H3,15,16,17). The summed E-state index contributed by atoms with van der Waals surface area (Å²) in [5.74, 6) is 0.736. The van der Waals surface area contributed by atoms with Crippen LogP contribution in [0.25, 0.3) is 11.3 Å². The maximum absolute atomic E-state index is 13.0. The fourth-order valence-electron chi connectivity index (χ4n) is 1.78. The first-order valence-electron chi connectivity index (χ1n) is 5.42. The van der Waals surface area contributed by atoms with Crippen LogP contribution in [0.4, 0.5) is 14.6 Å². The minimum atomic E-state index is -2.65. The number of aromatic amines is 1. The van der Waals surface area contributed by atoms with Crippen LogP contribution in [0.1, 0.15) is 12.0 Å². The summed E-state index contributed by atoms with van der Waals surface area (Å²) in [5, 5.41) is 6.42. The molecule has 2 aromatic rings. The Kier molecular flexibility index (Phi) is 3.55. The maximum atomic E-state index is 13.0. The van der Waals surface area contributed by atoms with Gasteiger partial charge in [-0.15, -0.1) is 0 Å². The number of hydrogen-bond donors (Lipinski definition) is 2. The van der Waals surface area contributed by atoms with E-state index in [0.717, 1.165) is 0 Å². The van der Waals surface area contributed by atoms with Gasteiger partial charge >= 0.3 is 0 Å². The van der Waals surface area contributed by atoms with Gasteiger partial charge in [-0.3, -0.25) is 5.10 Å². The fraction of sp³-hybridized carbons (Fsp3) is 0.250. The van der Waals surface area contributed by atoms with Crippen molar-refractivity contribution in [2.24, 2.45) is 0 Å². The monoisotopic (exact) mass is 269 g/mol. The molecular weight excluding hydrogens is 256 g/mol. The Balaban J connectivity index is 2.62. The highest BCUT2D eigenvalue weighted by molar-refractivity contribution is 5.71. The van der Waals surface area contributed by atoms with Gasteiger partial charge < -0.3 is 15.2 Å². The van der Waals surface area contributed by atoms with Crippen LogP contribution in [0.3, 0.4) is 0 Å². The molecule has 0 aliphatic heterocycles. The zero-order valence-corrected chi connectivity index (χ0v) is 10.4. The summed E-state index contributed by atoms with van der Waals surface area (Å²) in [7, 11) is 2.77. The van der Waals surface area contributed by atoms with E-state index < -0.39 is 6.43 Å². The number of halogens is 2. The van der Waals surface area contributed by atoms with Gasteiger partial charge in [0.05, 0.1) is 25.5 Å². The smallest absolute Gasteiger partial charge is 0.267 e. The Morgan fingerprint density at radius 1 is 1.16 bits per heavy atom. The van der Waals surface area contributed by atoms with Gasteiger partial charge in [-0.2, -0.15) is 5.10 Å². The third-order valence-corrected chi connectivity index (χ3v) is 2.67. The molecule has 1 heterocycles. The number of benzene rings is 1. The molecule has 1 aromatic heterocycles. The molecule has 7 heteroatoms. The van der Waals surface area contributed by atoms with Crippen LogP contribution in [0, 0.1) is 0 Å². The SMILES string of the molecule is COc1cc(OC)c(C(F)F)cc1-c1cc(N)n[nH]1. The Morgan fingerprint density at radius 2 is 1.84 bits per heavy atom. The van der Waals surface area contributed by atoms with Gasteiger partial charge in [0.2, 0.25) is 0 Å². The molecule has 0 aliphatic carbocycles. The minimum absolute atomic E-state index is 0.0723. The van der Waals surface area contributed by atoms with Gasteiger partial charge in [-0.05, 0) is 6.07 Å². The fourth-order valence-corrected chi connectivity index (χ4v) is 1.78. The first-order valence-corrected chi connectivity index (χ1v) is 5.42. The van der Waals surface area contributed by atoms with E-state index in [2.05, 4.69) is 10.2 Å². The van der Waals surface area contributed by atoms with Gasteiger partial charge in [0.15, 0.2) is 0 Å². The van der Waals surface area contributed by atoms with Crippen LogP contribution in [0.5, 0.6) is 11.5 Å². The van der Waals surface area contributed by atoms with Crippen molar-refractivity contribution in [1.82, 2.24) is 10.2 Å². The Bertz CT molecular complexity index is 584. The van der Waals surface area contributed by atoms with Gasteiger partial charge in [0, 0.05) is 17.7 Å². The number of aromatic nitrogens is 2. The highest BCUT2D eigenvalue weighted by Gasteiger charge is 2.19. The Hall–Kier alpha value is -2.31. The summed E-state index contributed by atoms with van der Waals surface area (Å²) in [6.07, 6.45) is -2.65. The number of nitrogens with zero attached hydrogens (tertiary/aromatic N) is 1. The van der Waals surface area contributed by atoms with Gasteiger partial charge in [-0.25, -0.2) is 8.78 Å². The van der Waals surface area contributed by atoms with Crippen LogP contribution in [0.2, 0.25) is 0 Å². The number of rotatable bonds is 4. The predicted octanol–water partition coefficient (Wildman–Crippen LogP) is 2.61. The van der Waals surface area contributed by atoms with Crippen molar-refractivity contribution < 1.29 is 18.3 Å². The number of anilines is 1. The number of H-pyrrole nitrogens is 1. The molecule has 0 atom stereocenters. The molecule has 0 aliphatic rings. The van der Waals surface area contributed by atoms with Crippen molar-refractivity contribution in [1.29, 1.82) is 0 Å². The van der Waals surface area contributed by atoms with E-state index in [0.29, 0.717) is 17.0 Å². The summed E-state index contributed by atoms with van der Waals surface area (Å²) >= 11 is 0. The molecule has 102 valence electrons. The third kappa shape index (κ3) is 2.44. The molecule has 5 nitrogen and oxygen atoms in total. The Morgan fingerprint density at radius 3 is 2.32 bits per heavy atom. The van der Waals surface area contributed by atoms with Crippen LogP contribution in [0.15, 0.2) is 18.2 Å². The molecule has 0 radical (unpaired) electrons. The number of alkyl halides is 2. The summed E-state index contributed by atoms with van der Waals surface area (Å²) < 4.78 is 36.1. The highest BCUT2D eigenvalue weighted by atomic mass is 19.3. The topological polar surface area (TPSA) is 73.2 Å². The zero-order chi connectivity index (χ0) is 14.0. The number of nitrogens with two attached hydrogens (primary N) is 1. The molecular formula is C12H13F2N3O2. The number of nitrogen functional groups attached to an aromatic ring is 1. The van der Waals surface area contributed by atoms with Gasteiger partial charge in [-0.1, -0.05) is 0 Å². The van der Waals surface area contributed by atoms with Crippen LogP contribution in [-0.4, -0.2) is 24.4 Å². The molecule has 0 bridgehead atoms. The summed E-state index contributed by atoms with van der Waals surface area (Å²) in [6, 6.07) is 4.25. The van der Waals surface area contributed by atoms with Crippen LogP contribution >= 0.6 is 0 Å². The zero-order valence-electron chi connectivity index (χ0n) is 10.4. The van der Waals surface area contributed by atoms with E-state index in [1.54, 1.807) is 6.07 Å². The largest absolute Gasteiger partial charge is 0.496 e. The van der Waals surface area contributed by atoms with E-state index in [1.165, 1.54) is 26.4 Å². The van der Waals surface area contributed by atoms with Crippen molar-refractivity contribution in [2.45, 2.75) is 6.43 Å². The molecule has 19 heavy (non-hydrogen) atoms. The van der Waals surface area contributed by atoms with Crippen molar-refractivity contribution in [3.8, 4) is 22.8 Å². The lowest BCUT2D eigenvalue weighted by molar-refractivity contribution is 0.147. The van der Waals surface area contributed by atoms with Crippen LogP contribution in [-0.2, 0) is 0 Å². The summed E-state index contributed by atoms with van der Waals surface area (Å²) in [6.45, 7) is 0. The summed E-state index contributed by atoms with van der Waals surface area (Å²) in [4.78, 5) is 0. The first-order chi connectivity index (χ1) is 9.06. The third-order valence-electron chi connectivity index (χ3n) is 2.67. The molecule has 1 aromatic carbocycles. The van der Waals surface area contributed by atoms with E-state index in [-0.39, 0.29) is 17.1 Å². The lowest BCUT2D eigenvalue weighted by atomic mass is 10.1. The lowest BCUT2D eigenvalue weighted by Crippen LogP contribution is -1.97. The van der Waals surface area contributed by atoms with Crippen LogP contribution < -0.4 is 15.2 Å². The average molecular weight is 269 g/mol. The highest BCUT2D eigenvalue weighted by Crippen LogP contribution is 2.39. The number of nitrogens with one attached hydrogen (secondary N) is 1. The average Bonchev–Trinajstić information content (AvgIpc) is 2.83. The van der Waals surface area contributed by atoms with Crippen molar-refractivity contribution in [2.75, 3.05) is 20.0 Å². The molecule has 0 saturated heterocycles.